The number of carbonyl (C=O) groups is 1. The van der Waals surface area contributed by atoms with E-state index in [2.05, 4.69) is 15.4 Å². The third-order valence-corrected chi connectivity index (χ3v) is 2.54. The molecule has 6 nitrogen and oxygen atoms in total. The van der Waals surface area contributed by atoms with Gasteiger partial charge < -0.3 is 10.1 Å². The molecule has 0 radical (unpaired) electrons. The lowest BCUT2D eigenvalue weighted by atomic mass is 10.3. The minimum Gasteiger partial charge on any atom is -0.464 e. The van der Waals surface area contributed by atoms with Crippen molar-refractivity contribution in [3.63, 3.8) is 0 Å². The number of carbonyl (C=O) groups excluding carboxylic acids is 1. The fraction of sp³-hybridized carbons (Fsp3) is 0.417. The highest BCUT2D eigenvalue weighted by Crippen LogP contribution is 2.10. The number of rotatable bonds is 4. The minimum atomic E-state index is -0.470. The van der Waals surface area contributed by atoms with E-state index in [9.17, 15) is 4.79 Å². The molecular formula is C12H16N4O2. The molecule has 0 spiro atoms. The molecular weight excluding hydrogens is 232 g/mol. The number of hydrogen-bond donors (Lipinski definition) is 1. The first kappa shape index (κ1) is 12.3. The molecule has 1 unspecified atom stereocenters. The number of aromatic nitrogens is 3. The van der Waals surface area contributed by atoms with E-state index in [1.807, 2.05) is 25.3 Å². The highest BCUT2D eigenvalue weighted by molar-refractivity contribution is 5.78. The Labute approximate surface area is 105 Å². The Bertz CT molecular complexity index is 564. The lowest BCUT2D eigenvalue weighted by Crippen LogP contribution is -2.28. The van der Waals surface area contributed by atoms with E-state index < -0.39 is 6.04 Å². The Hall–Kier alpha value is -2.11. The average Bonchev–Trinajstić information content (AvgIpc) is 2.73. The molecule has 2 aromatic rings. The maximum Gasteiger partial charge on any atom is 0.328 e. The van der Waals surface area contributed by atoms with Crippen LogP contribution in [0.3, 0.4) is 0 Å². The molecule has 2 heterocycles. The van der Waals surface area contributed by atoms with Crippen molar-refractivity contribution in [2.45, 2.75) is 26.8 Å². The fourth-order valence-electron chi connectivity index (χ4n) is 1.62. The van der Waals surface area contributed by atoms with Crippen molar-refractivity contribution in [3.05, 3.63) is 23.9 Å². The van der Waals surface area contributed by atoms with Gasteiger partial charge in [0.25, 0.3) is 0 Å². The third kappa shape index (κ3) is 2.42. The third-order valence-electron chi connectivity index (χ3n) is 2.54. The number of ether oxygens (including phenoxy) is 1. The molecule has 1 atom stereocenters. The topological polar surface area (TPSA) is 68.5 Å². The summed E-state index contributed by atoms with van der Waals surface area (Å²) in [6.07, 6.45) is 1.82. The zero-order valence-corrected chi connectivity index (χ0v) is 10.7. The van der Waals surface area contributed by atoms with Crippen LogP contribution in [0.5, 0.6) is 0 Å². The van der Waals surface area contributed by atoms with Gasteiger partial charge in [-0.3, -0.25) is 0 Å². The number of nitrogens with zero attached hydrogens (tertiary/aromatic N) is 3. The molecule has 6 heteroatoms. The van der Waals surface area contributed by atoms with Gasteiger partial charge in [-0.25, -0.2) is 9.31 Å². The van der Waals surface area contributed by atoms with Gasteiger partial charge >= 0.3 is 5.97 Å². The van der Waals surface area contributed by atoms with Crippen molar-refractivity contribution in [1.82, 2.24) is 14.6 Å². The van der Waals surface area contributed by atoms with Gasteiger partial charge in [-0.2, -0.15) is 4.98 Å². The van der Waals surface area contributed by atoms with Crippen LogP contribution < -0.4 is 5.32 Å². The Morgan fingerprint density at radius 2 is 2.39 bits per heavy atom. The van der Waals surface area contributed by atoms with E-state index in [0.29, 0.717) is 12.6 Å². The molecule has 2 aromatic heterocycles. The number of fused-ring (bicyclic) bond motifs is 1. The summed E-state index contributed by atoms with van der Waals surface area (Å²) >= 11 is 0. The monoisotopic (exact) mass is 248 g/mol. The molecule has 0 aromatic carbocycles. The van der Waals surface area contributed by atoms with Crippen LogP contribution in [-0.2, 0) is 9.53 Å². The standard InChI is InChI=1S/C12H16N4O2/c1-4-18-11(17)9(3)13-12-14-10-8(2)6-5-7-16(10)15-12/h5-7,9H,4H2,1-3H3,(H,13,15). The number of nitrogens with one attached hydrogen (secondary N) is 1. The second-order valence-electron chi connectivity index (χ2n) is 4.01. The zero-order valence-electron chi connectivity index (χ0n) is 10.7. The van der Waals surface area contributed by atoms with Gasteiger partial charge in [0.05, 0.1) is 6.61 Å². The number of hydrogen-bond acceptors (Lipinski definition) is 5. The van der Waals surface area contributed by atoms with Crippen molar-refractivity contribution in [3.8, 4) is 0 Å². The predicted molar refractivity (Wildman–Crippen MR) is 67.4 cm³/mol. The predicted octanol–water partition coefficient (Wildman–Crippen LogP) is 1.40. The van der Waals surface area contributed by atoms with Gasteiger partial charge in [0, 0.05) is 6.20 Å². The van der Waals surface area contributed by atoms with Gasteiger partial charge in [-0.15, -0.1) is 5.10 Å². The molecule has 0 fully saturated rings. The van der Waals surface area contributed by atoms with E-state index in [-0.39, 0.29) is 5.97 Å². The summed E-state index contributed by atoms with van der Waals surface area (Å²) in [5.41, 5.74) is 1.80. The lowest BCUT2D eigenvalue weighted by Gasteiger charge is -2.10. The first-order valence-electron chi connectivity index (χ1n) is 5.87. The summed E-state index contributed by atoms with van der Waals surface area (Å²) in [4.78, 5) is 15.8. The Balaban J connectivity index is 2.17. The first-order chi connectivity index (χ1) is 8.61. The molecule has 18 heavy (non-hydrogen) atoms. The van der Waals surface area contributed by atoms with Crippen molar-refractivity contribution in [2.75, 3.05) is 11.9 Å². The largest absolute Gasteiger partial charge is 0.464 e. The van der Waals surface area contributed by atoms with Gasteiger partial charge in [0.2, 0.25) is 5.95 Å². The molecule has 0 bridgehead atoms. The summed E-state index contributed by atoms with van der Waals surface area (Å²) in [6.45, 7) is 5.82. The van der Waals surface area contributed by atoms with Crippen LogP contribution >= 0.6 is 0 Å². The minimum absolute atomic E-state index is 0.312. The Morgan fingerprint density at radius 1 is 1.61 bits per heavy atom. The van der Waals surface area contributed by atoms with E-state index in [1.54, 1.807) is 18.4 Å². The molecule has 0 aliphatic heterocycles. The van der Waals surface area contributed by atoms with Crippen LogP contribution in [-0.4, -0.2) is 33.2 Å². The number of pyridine rings is 1. The van der Waals surface area contributed by atoms with Crippen LogP contribution in [0.25, 0.3) is 5.65 Å². The smallest absolute Gasteiger partial charge is 0.328 e. The van der Waals surface area contributed by atoms with Crippen molar-refractivity contribution in [2.24, 2.45) is 0 Å². The summed E-state index contributed by atoms with van der Waals surface area (Å²) < 4.78 is 6.59. The molecule has 0 aliphatic rings. The van der Waals surface area contributed by atoms with Crippen LogP contribution in [0.4, 0.5) is 5.95 Å². The van der Waals surface area contributed by atoms with Crippen LogP contribution in [0.1, 0.15) is 19.4 Å². The van der Waals surface area contributed by atoms with Crippen LogP contribution in [0, 0.1) is 6.92 Å². The molecule has 96 valence electrons. The number of anilines is 1. The van der Waals surface area contributed by atoms with E-state index >= 15 is 0 Å². The van der Waals surface area contributed by atoms with Gasteiger partial charge in [0.15, 0.2) is 5.65 Å². The second kappa shape index (κ2) is 5.03. The highest BCUT2D eigenvalue weighted by atomic mass is 16.5. The maximum absolute atomic E-state index is 11.5. The molecule has 0 amide bonds. The lowest BCUT2D eigenvalue weighted by molar-refractivity contribution is -0.143. The normalized spacial score (nSPS) is 12.4. The van der Waals surface area contributed by atoms with Gasteiger partial charge in [0.1, 0.15) is 6.04 Å². The van der Waals surface area contributed by atoms with Crippen LogP contribution in [0.2, 0.25) is 0 Å². The van der Waals surface area contributed by atoms with Gasteiger partial charge in [-0.05, 0) is 32.4 Å². The fourth-order valence-corrected chi connectivity index (χ4v) is 1.62. The van der Waals surface area contributed by atoms with Crippen molar-refractivity contribution >= 4 is 17.6 Å². The summed E-state index contributed by atoms with van der Waals surface area (Å²) in [5.74, 6) is 0.109. The van der Waals surface area contributed by atoms with E-state index in [0.717, 1.165) is 11.2 Å². The quantitative estimate of drug-likeness (QED) is 0.828. The van der Waals surface area contributed by atoms with Crippen LogP contribution in [0.15, 0.2) is 18.3 Å². The molecule has 2 rings (SSSR count). The summed E-state index contributed by atoms with van der Waals surface area (Å²) in [6, 6.07) is 3.39. The molecule has 0 saturated heterocycles. The maximum atomic E-state index is 11.5. The van der Waals surface area contributed by atoms with Crippen molar-refractivity contribution < 1.29 is 9.53 Å². The highest BCUT2D eigenvalue weighted by Gasteiger charge is 2.16. The number of esters is 1. The average molecular weight is 248 g/mol. The van der Waals surface area contributed by atoms with Crippen molar-refractivity contribution in [1.29, 1.82) is 0 Å². The summed E-state index contributed by atoms with van der Waals surface area (Å²) in [5, 5.41) is 7.17. The second-order valence-corrected chi connectivity index (χ2v) is 4.01. The van der Waals surface area contributed by atoms with Gasteiger partial charge in [-0.1, -0.05) is 6.07 Å². The Kier molecular flexibility index (Phi) is 3.45. The molecule has 0 saturated carbocycles. The first-order valence-corrected chi connectivity index (χ1v) is 5.87. The summed E-state index contributed by atoms with van der Waals surface area (Å²) in [7, 11) is 0. The van der Waals surface area contributed by atoms with E-state index in [1.165, 1.54) is 0 Å². The molecule has 1 N–H and O–H groups in total. The number of aryl methyl sites for hydroxylation is 1. The zero-order chi connectivity index (χ0) is 13.1. The SMILES string of the molecule is CCOC(=O)C(C)Nc1nc2c(C)cccn2n1. The van der Waals surface area contributed by atoms with E-state index in [4.69, 9.17) is 4.74 Å². The Morgan fingerprint density at radius 3 is 3.06 bits per heavy atom. The molecule has 0 aliphatic carbocycles.